The largest absolute Gasteiger partial charge is 0.463 e. The highest BCUT2D eigenvalue weighted by Gasteiger charge is 2.16. The van der Waals surface area contributed by atoms with Crippen molar-refractivity contribution in [3.05, 3.63) is 64.1 Å². The molecule has 0 N–H and O–H groups in total. The lowest BCUT2D eigenvalue weighted by Gasteiger charge is -2.25. The maximum Gasteiger partial charge on any atom is 0.306 e. The predicted molar refractivity (Wildman–Crippen MR) is 244 cm³/mol. The quantitative estimate of drug-likeness (QED) is 0.0212. The fourth-order valence-electron chi connectivity index (χ4n) is 6.17. The van der Waals surface area contributed by atoms with Crippen molar-refractivity contribution in [2.45, 2.75) is 112 Å². The molecule has 0 aliphatic rings. The van der Waals surface area contributed by atoms with Crippen LogP contribution >= 0.6 is 11.3 Å². The molecule has 1 aromatic heterocycles. The highest BCUT2D eigenvalue weighted by Crippen LogP contribution is 2.36. The lowest BCUT2D eigenvalue weighted by atomic mass is 10.0. The minimum atomic E-state index is -0.417. The molecule has 2 rings (SSSR count). The molecular formula is C48H69N5O8S. The molecule has 1 aromatic carbocycles. The van der Waals surface area contributed by atoms with Gasteiger partial charge in [0.2, 0.25) is 0 Å². The number of carbonyl (C=O) groups excluding carboxylic acids is 3. The second-order valence-corrected chi connectivity index (χ2v) is 16.2. The van der Waals surface area contributed by atoms with Crippen molar-refractivity contribution in [2.24, 2.45) is 22.1 Å². The van der Waals surface area contributed by atoms with Crippen LogP contribution in [-0.2, 0) is 38.1 Å². The average Bonchev–Trinajstić information content (AvgIpc) is 3.58. The Kier molecular flexibility index (Phi) is 29.2. The number of anilines is 1. The van der Waals surface area contributed by atoms with Crippen LogP contribution in [0.4, 0.5) is 16.4 Å². The van der Waals surface area contributed by atoms with Crippen molar-refractivity contribution in [1.82, 2.24) is 0 Å². The zero-order valence-electron chi connectivity index (χ0n) is 37.7. The van der Waals surface area contributed by atoms with Gasteiger partial charge in [0.25, 0.3) is 0 Å². The first-order valence-corrected chi connectivity index (χ1v) is 23.0. The zero-order chi connectivity index (χ0) is 45.2. The minimum absolute atomic E-state index is 0.0479. The van der Waals surface area contributed by atoms with Crippen LogP contribution in [0.2, 0.25) is 0 Å². The summed E-state index contributed by atoms with van der Waals surface area (Å²) in [6, 6.07) is 10.0. The number of azo groups is 1. The second-order valence-electron chi connectivity index (χ2n) is 15.2. The van der Waals surface area contributed by atoms with Gasteiger partial charge in [-0.3, -0.25) is 9.59 Å². The van der Waals surface area contributed by atoms with E-state index in [0.29, 0.717) is 79.1 Å². The van der Waals surface area contributed by atoms with Gasteiger partial charge < -0.3 is 33.4 Å². The van der Waals surface area contributed by atoms with Crippen LogP contribution in [0.5, 0.6) is 0 Å². The van der Waals surface area contributed by atoms with Gasteiger partial charge in [0, 0.05) is 31.1 Å². The summed E-state index contributed by atoms with van der Waals surface area (Å²) in [7, 11) is 0. The maximum absolute atomic E-state index is 12.4. The lowest BCUT2D eigenvalue weighted by molar-refractivity contribution is -0.147. The van der Waals surface area contributed by atoms with E-state index in [0.717, 1.165) is 61.0 Å². The summed E-state index contributed by atoms with van der Waals surface area (Å²) in [5, 5.41) is 28.1. The molecule has 0 bridgehead atoms. The monoisotopic (exact) mass is 875 g/mol. The summed E-state index contributed by atoms with van der Waals surface area (Å²) >= 11 is 1.14. The molecule has 0 saturated carbocycles. The van der Waals surface area contributed by atoms with Crippen molar-refractivity contribution in [3.63, 3.8) is 0 Å². The predicted octanol–water partition coefficient (Wildman–Crippen LogP) is 10.8. The van der Waals surface area contributed by atoms with Crippen LogP contribution in [0.1, 0.15) is 119 Å². The van der Waals surface area contributed by atoms with Gasteiger partial charge in [0.05, 0.1) is 57.3 Å². The van der Waals surface area contributed by atoms with Crippen LogP contribution in [0.25, 0.3) is 0 Å². The first-order chi connectivity index (χ1) is 30.2. The fourth-order valence-corrected chi connectivity index (χ4v) is 7.05. The topological polar surface area (TPSA) is 173 Å². The molecule has 0 saturated heterocycles. The summed E-state index contributed by atoms with van der Waals surface area (Å²) in [5.41, 5.74) is 3.37. The van der Waals surface area contributed by atoms with Crippen LogP contribution in [0.3, 0.4) is 0 Å². The Morgan fingerprint density at radius 2 is 1.34 bits per heavy atom. The van der Waals surface area contributed by atoms with Crippen molar-refractivity contribution in [1.29, 1.82) is 10.5 Å². The highest BCUT2D eigenvalue weighted by molar-refractivity contribution is 7.16. The number of ether oxygens (including phenoxy) is 5. The second kappa shape index (κ2) is 33.8. The van der Waals surface area contributed by atoms with Crippen LogP contribution in [0.15, 0.2) is 52.7 Å². The van der Waals surface area contributed by atoms with E-state index in [9.17, 15) is 24.9 Å². The third-order valence-electron chi connectivity index (χ3n) is 9.90. The minimum Gasteiger partial charge on any atom is -0.463 e. The molecule has 0 radical (unpaired) electrons. The molecule has 14 heteroatoms. The Morgan fingerprint density at radius 1 is 0.758 bits per heavy atom. The van der Waals surface area contributed by atoms with Gasteiger partial charge in [-0.05, 0) is 87.6 Å². The van der Waals surface area contributed by atoms with Crippen LogP contribution < -0.4 is 4.90 Å². The van der Waals surface area contributed by atoms with E-state index in [1.54, 1.807) is 6.92 Å². The number of nitrogens with zero attached hydrogens (tertiary/aromatic N) is 5. The van der Waals surface area contributed by atoms with Gasteiger partial charge >= 0.3 is 11.9 Å². The molecule has 0 aliphatic carbocycles. The van der Waals surface area contributed by atoms with Gasteiger partial charge in [0.15, 0.2) is 5.00 Å². The number of carbonyl (C=O) groups is 3. The fraction of sp³-hybridized carbons (Fsp3) is 0.604. The van der Waals surface area contributed by atoms with Crippen molar-refractivity contribution in [2.75, 3.05) is 70.8 Å². The van der Waals surface area contributed by atoms with Crippen molar-refractivity contribution >= 4 is 45.9 Å². The van der Waals surface area contributed by atoms with E-state index in [1.165, 1.54) is 25.7 Å². The number of thiophene rings is 1. The molecule has 62 heavy (non-hydrogen) atoms. The number of hydrogen-bond acceptors (Lipinski definition) is 14. The molecule has 1 heterocycles. The van der Waals surface area contributed by atoms with Gasteiger partial charge in [-0.15, -0.1) is 21.6 Å². The summed E-state index contributed by atoms with van der Waals surface area (Å²) in [5.74, 6) is -0.816. The van der Waals surface area contributed by atoms with E-state index in [4.69, 9.17) is 23.7 Å². The summed E-state index contributed by atoms with van der Waals surface area (Å²) in [4.78, 5) is 38.6. The lowest BCUT2D eigenvalue weighted by Crippen LogP contribution is -2.31. The van der Waals surface area contributed by atoms with Crippen LogP contribution in [-0.4, -0.2) is 84.2 Å². The molecule has 340 valence electrons. The summed E-state index contributed by atoms with van der Waals surface area (Å²) in [6.45, 7) is 13.4. The molecule has 0 spiro atoms. The first kappa shape index (κ1) is 53.4. The molecule has 2 aromatic rings. The maximum atomic E-state index is 12.4. The molecule has 0 aliphatic heterocycles. The van der Waals surface area contributed by atoms with Gasteiger partial charge in [0.1, 0.15) is 36.5 Å². The Balaban J connectivity index is 1.85. The Labute approximate surface area is 374 Å². The average molecular weight is 876 g/mol. The molecule has 2 atom stereocenters. The summed E-state index contributed by atoms with van der Waals surface area (Å²) < 4.78 is 28.0. The van der Waals surface area contributed by atoms with Crippen molar-refractivity contribution < 1.29 is 38.1 Å². The van der Waals surface area contributed by atoms with Gasteiger partial charge in [-0.25, -0.2) is 0 Å². The smallest absolute Gasteiger partial charge is 0.306 e. The Hall–Kier alpha value is -4.73. The van der Waals surface area contributed by atoms with E-state index >= 15 is 0 Å². The van der Waals surface area contributed by atoms with Crippen molar-refractivity contribution in [3.8, 4) is 12.1 Å². The molecule has 13 nitrogen and oxygen atoms in total. The molecule has 2 unspecified atom stereocenters. The molecule has 0 fully saturated rings. The highest BCUT2D eigenvalue weighted by atomic mass is 32.1. The normalized spacial score (nSPS) is 12.4. The SMILES string of the molecule is CCCCC/C=C/CC(C)CC(=O)OCCOCCN(CCOCCOCCOC(=O)CC(C=O)C/C=C/CCCCC)c1ccc(/N=N/c2sc(C#N)c(C)c2C#N)c(C)c1. The number of hydrogen-bond donors (Lipinski definition) is 0. The number of nitriles is 2. The van der Waals surface area contributed by atoms with E-state index in [1.807, 2.05) is 31.2 Å². The van der Waals surface area contributed by atoms with Crippen LogP contribution in [0, 0.1) is 48.3 Å². The number of unbranched alkanes of at least 4 members (excludes halogenated alkanes) is 6. The number of esters is 2. The zero-order valence-corrected chi connectivity index (χ0v) is 38.6. The van der Waals surface area contributed by atoms with E-state index < -0.39 is 11.9 Å². The number of rotatable bonds is 35. The molecule has 0 amide bonds. The Morgan fingerprint density at radius 3 is 1.90 bits per heavy atom. The van der Waals surface area contributed by atoms with Gasteiger partial charge in [-0.1, -0.05) is 70.8 Å². The summed E-state index contributed by atoms with van der Waals surface area (Å²) in [6.07, 6.45) is 20.2. The third kappa shape index (κ3) is 22.9. The van der Waals surface area contributed by atoms with E-state index in [2.05, 4.69) is 66.3 Å². The number of aldehydes is 1. The van der Waals surface area contributed by atoms with E-state index in [-0.39, 0.29) is 44.7 Å². The third-order valence-corrected chi connectivity index (χ3v) is 11.0. The van der Waals surface area contributed by atoms with Gasteiger partial charge in [-0.2, -0.15) is 10.5 Å². The number of benzene rings is 1. The first-order valence-electron chi connectivity index (χ1n) is 22.2. The number of aryl methyl sites for hydroxylation is 1. The standard InChI is InChI=1S/C48H69N5O8S/c1-6-8-10-12-14-16-18-38(3)32-46(55)60-30-28-58-25-23-53(42-20-21-44(39(4)33-42)51-52-48-43(35-49)40(5)45(36-50)62-48)22-24-57-26-27-59-29-31-61-47(56)34-41(37-54)19-17-15-13-11-9-7-2/h14-17,20-21,33,37-38,41H,6-13,18-19,22-32,34H2,1-5H3/b16-14+,17-15+,52-51+. The Bertz CT molecular complexity index is 1780. The molecular weight excluding hydrogens is 807 g/mol. The number of allylic oxidation sites excluding steroid dienone is 4.